The number of carbonyl (C=O) groups excluding carboxylic acids is 2. The minimum absolute atomic E-state index is 0.163. The molecule has 34 heavy (non-hydrogen) atoms. The Hall–Kier alpha value is -3.40. The van der Waals surface area contributed by atoms with E-state index in [1.165, 1.54) is 55.7 Å². The summed E-state index contributed by atoms with van der Waals surface area (Å²) in [6.07, 6.45) is 1.32. The van der Waals surface area contributed by atoms with Crippen molar-refractivity contribution in [3.63, 3.8) is 0 Å². The number of benzene rings is 3. The second kappa shape index (κ2) is 11.1. The molecule has 2 N–H and O–H groups in total. The lowest BCUT2D eigenvalue weighted by Gasteiger charge is -2.13. The summed E-state index contributed by atoms with van der Waals surface area (Å²) < 4.78 is 5.71. The van der Waals surface area contributed by atoms with Gasteiger partial charge in [0.2, 0.25) is 0 Å². The molecule has 0 fully saturated rings. The molecule has 11 heteroatoms. The Labute approximate surface area is 212 Å². The number of non-ortho nitro benzene ring substituents is 1. The zero-order valence-electron chi connectivity index (χ0n) is 17.5. The van der Waals surface area contributed by atoms with Gasteiger partial charge in [0.15, 0.2) is 0 Å². The number of carbonyl (C=O) groups is 2. The Morgan fingerprint density at radius 2 is 1.85 bits per heavy atom. The molecule has 8 nitrogen and oxygen atoms in total. The number of rotatable bonds is 7. The van der Waals surface area contributed by atoms with Crippen molar-refractivity contribution in [3.05, 3.63) is 102 Å². The van der Waals surface area contributed by atoms with Crippen molar-refractivity contribution in [2.45, 2.75) is 0 Å². The normalized spacial score (nSPS) is 11.0. The van der Waals surface area contributed by atoms with E-state index in [1.54, 1.807) is 18.2 Å². The highest BCUT2D eigenvalue weighted by molar-refractivity contribution is 9.10. The van der Waals surface area contributed by atoms with Crippen LogP contribution in [0.15, 0.2) is 70.8 Å². The van der Waals surface area contributed by atoms with Crippen molar-refractivity contribution in [2.24, 2.45) is 0 Å². The molecule has 0 aliphatic carbocycles. The number of methoxy groups -OCH3 is 1. The van der Waals surface area contributed by atoms with Gasteiger partial charge in [-0.3, -0.25) is 19.7 Å². The van der Waals surface area contributed by atoms with Crippen LogP contribution in [0.3, 0.4) is 0 Å². The lowest BCUT2D eigenvalue weighted by Crippen LogP contribution is -2.30. The van der Waals surface area contributed by atoms with Crippen molar-refractivity contribution in [3.8, 4) is 5.75 Å². The number of anilines is 1. The van der Waals surface area contributed by atoms with E-state index in [9.17, 15) is 19.7 Å². The SMILES string of the molecule is COc1ccc(C(=O)NC(=Cc2cccc([N+](=O)[O-])c2)C(=O)Nc2ccc(Cl)cc2Cl)cc1Br. The molecule has 2 amide bonds. The van der Waals surface area contributed by atoms with Crippen LogP contribution in [0.25, 0.3) is 6.08 Å². The molecular formula is C23H16BrCl2N3O5. The monoisotopic (exact) mass is 563 g/mol. The second-order valence-corrected chi connectivity index (χ2v) is 8.49. The molecule has 0 aliphatic heterocycles. The Balaban J connectivity index is 1.96. The van der Waals surface area contributed by atoms with Crippen LogP contribution >= 0.6 is 39.1 Å². The molecule has 0 spiro atoms. The first-order valence-corrected chi connectivity index (χ1v) is 11.1. The number of hydrogen-bond acceptors (Lipinski definition) is 5. The zero-order valence-corrected chi connectivity index (χ0v) is 20.6. The Bertz CT molecular complexity index is 1310. The van der Waals surface area contributed by atoms with Crippen LogP contribution in [0.1, 0.15) is 15.9 Å². The van der Waals surface area contributed by atoms with Gasteiger partial charge in [0, 0.05) is 22.7 Å². The molecular weight excluding hydrogens is 549 g/mol. The number of nitro groups is 1. The first kappa shape index (κ1) is 25.2. The maximum absolute atomic E-state index is 13.1. The maximum Gasteiger partial charge on any atom is 0.272 e. The molecule has 3 aromatic carbocycles. The fraction of sp³-hybridized carbons (Fsp3) is 0.0435. The van der Waals surface area contributed by atoms with Gasteiger partial charge in [-0.15, -0.1) is 0 Å². The van der Waals surface area contributed by atoms with Crippen LogP contribution in [-0.2, 0) is 4.79 Å². The van der Waals surface area contributed by atoms with Crippen molar-refractivity contribution in [1.29, 1.82) is 0 Å². The van der Waals surface area contributed by atoms with E-state index in [-0.39, 0.29) is 27.7 Å². The number of ether oxygens (including phenoxy) is 1. The van der Waals surface area contributed by atoms with Crippen molar-refractivity contribution < 1.29 is 19.2 Å². The van der Waals surface area contributed by atoms with E-state index in [0.717, 1.165) is 0 Å². The van der Waals surface area contributed by atoms with E-state index >= 15 is 0 Å². The molecule has 0 radical (unpaired) electrons. The minimum Gasteiger partial charge on any atom is -0.496 e. The summed E-state index contributed by atoms with van der Waals surface area (Å²) in [5, 5.41) is 16.9. The van der Waals surface area contributed by atoms with Crippen LogP contribution in [0.2, 0.25) is 10.0 Å². The van der Waals surface area contributed by atoms with E-state index < -0.39 is 16.7 Å². The summed E-state index contributed by atoms with van der Waals surface area (Å²) in [6.45, 7) is 0. The van der Waals surface area contributed by atoms with Crippen molar-refractivity contribution in [1.82, 2.24) is 5.32 Å². The summed E-state index contributed by atoms with van der Waals surface area (Å²) in [7, 11) is 1.49. The number of nitrogens with one attached hydrogen (secondary N) is 2. The number of amides is 2. The summed E-state index contributed by atoms with van der Waals surface area (Å²) in [5.41, 5.74) is 0.512. The minimum atomic E-state index is -0.698. The average molecular weight is 565 g/mol. The van der Waals surface area contributed by atoms with Gasteiger partial charge in [-0.1, -0.05) is 35.3 Å². The highest BCUT2D eigenvalue weighted by atomic mass is 79.9. The van der Waals surface area contributed by atoms with Gasteiger partial charge in [-0.25, -0.2) is 0 Å². The third-order valence-electron chi connectivity index (χ3n) is 4.48. The standard InChI is InChI=1S/C23H16BrCl2N3O5/c1-34-21-8-5-14(11-17(21)24)22(30)28-20(10-13-3-2-4-16(9-13)29(32)33)23(31)27-19-7-6-15(25)12-18(19)26/h2-12H,1H3,(H,27,31)(H,28,30). The van der Waals surface area contributed by atoms with Gasteiger partial charge in [-0.05, 0) is 64.0 Å². The highest BCUT2D eigenvalue weighted by Crippen LogP contribution is 2.27. The zero-order chi connectivity index (χ0) is 24.8. The lowest BCUT2D eigenvalue weighted by molar-refractivity contribution is -0.384. The third-order valence-corrected chi connectivity index (χ3v) is 5.65. The van der Waals surface area contributed by atoms with E-state index in [4.69, 9.17) is 27.9 Å². The smallest absolute Gasteiger partial charge is 0.272 e. The van der Waals surface area contributed by atoms with Crippen molar-refractivity contribution in [2.75, 3.05) is 12.4 Å². The topological polar surface area (TPSA) is 111 Å². The molecule has 0 bridgehead atoms. The van der Waals surface area contributed by atoms with Crippen LogP contribution in [-0.4, -0.2) is 23.8 Å². The lowest BCUT2D eigenvalue weighted by atomic mass is 10.1. The molecule has 3 aromatic rings. The second-order valence-electron chi connectivity index (χ2n) is 6.79. The molecule has 0 saturated heterocycles. The van der Waals surface area contributed by atoms with E-state index in [1.807, 2.05) is 0 Å². The van der Waals surface area contributed by atoms with Crippen molar-refractivity contribution >= 4 is 68.4 Å². The summed E-state index contributed by atoms with van der Waals surface area (Å²) in [5.74, 6) is -0.756. The van der Waals surface area contributed by atoms with Crippen LogP contribution in [0.4, 0.5) is 11.4 Å². The van der Waals surface area contributed by atoms with Gasteiger partial charge in [-0.2, -0.15) is 0 Å². The van der Waals surface area contributed by atoms with Gasteiger partial charge in [0.1, 0.15) is 11.4 Å². The van der Waals surface area contributed by atoms with E-state index in [2.05, 4.69) is 26.6 Å². The number of halogens is 3. The van der Waals surface area contributed by atoms with Crippen LogP contribution < -0.4 is 15.4 Å². The predicted molar refractivity (Wildman–Crippen MR) is 134 cm³/mol. The fourth-order valence-electron chi connectivity index (χ4n) is 2.84. The summed E-state index contributed by atoms with van der Waals surface area (Å²) >= 11 is 15.4. The number of hydrogen-bond donors (Lipinski definition) is 2. The number of nitro benzene ring substituents is 1. The van der Waals surface area contributed by atoms with Gasteiger partial charge < -0.3 is 15.4 Å². The Morgan fingerprint density at radius 1 is 1.09 bits per heavy atom. The summed E-state index contributed by atoms with van der Waals surface area (Å²) in [4.78, 5) is 36.5. The maximum atomic E-state index is 13.1. The third kappa shape index (κ3) is 6.34. The fourth-order valence-corrected chi connectivity index (χ4v) is 3.83. The van der Waals surface area contributed by atoms with Crippen LogP contribution in [0.5, 0.6) is 5.75 Å². The van der Waals surface area contributed by atoms with Gasteiger partial charge in [0.05, 0.1) is 27.2 Å². The number of nitrogens with zero attached hydrogens (tertiary/aromatic N) is 1. The molecule has 0 unspecified atom stereocenters. The highest BCUT2D eigenvalue weighted by Gasteiger charge is 2.18. The molecule has 0 heterocycles. The molecule has 0 aliphatic rings. The predicted octanol–water partition coefficient (Wildman–Crippen LogP) is 6.08. The first-order chi connectivity index (χ1) is 16.2. The van der Waals surface area contributed by atoms with Gasteiger partial charge >= 0.3 is 0 Å². The van der Waals surface area contributed by atoms with E-state index in [0.29, 0.717) is 20.8 Å². The molecule has 0 aromatic heterocycles. The summed E-state index contributed by atoms with van der Waals surface area (Å²) in [6, 6.07) is 14.8. The molecule has 3 rings (SSSR count). The average Bonchev–Trinajstić information content (AvgIpc) is 2.80. The molecule has 0 saturated carbocycles. The molecule has 174 valence electrons. The van der Waals surface area contributed by atoms with Crippen LogP contribution in [0, 0.1) is 10.1 Å². The quantitative estimate of drug-likeness (QED) is 0.205. The first-order valence-electron chi connectivity index (χ1n) is 9.55. The van der Waals surface area contributed by atoms with Gasteiger partial charge in [0.25, 0.3) is 17.5 Å². The Morgan fingerprint density at radius 3 is 2.50 bits per heavy atom. The Kier molecular flexibility index (Phi) is 8.27. The largest absolute Gasteiger partial charge is 0.496 e. The molecule has 0 atom stereocenters.